The quantitative estimate of drug-likeness (QED) is 0.849. The average molecular weight is 233 g/mol. The van der Waals surface area contributed by atoms with Crippen LogP contribution in [0.2, 0.25) is 0 Å². The molecular weight excluding hydrogens is 214 g/mol. The predicted octanol–water partition coefficient (Wildman–Crippen LogP) is 1.93. The fourth-order valence-corrected chi connectivity index (χ4v) is 2.30. The van der Waals surface area contributed by atoms with Crippen LogP contribution in [0.1, 0.15) is 36.5 Å². The van der Waals surface area contributed by atoms with Gasteiger partial charge in [0, 0.05) is 19.3 Å². The van der Waals surface area contributed by atoms with Gasteiger partial charge in [0.2, 0.25) is 0 Å². The highest BCUT2D eigenvalue weighted by atomic mass is 16.2. The zero-order chi connectivity index (χ0) is 12.3. The van der Waals surface area contributed by atoms with Crippen molar-refractivity contribution >= 4 is 11.7 Å². The fourth-order valence-electron chi connectivity index (χ4n) is 2.30. The molecule has 1 amide bonds. The molecule has 0 bridgehead atoms. The first-order valence-corrected chi connectivity index (χ1v) is 6.21. The molecule has 2 N–H and O–H groups in total. The van der Waals surface area contributed by atoms with Gasteiger partial charge in [-0.2, -0.15) is 0 Å². The Morgan fingerprint density at radius 2 is 2.41 bits per heavy atom. The van der Waals surface area contributed by atoms with Crippen molar-refractivity contribution in [3.8, 4) is 0 Å². The van der Waals surface area contributed by atoms with Gasteiger partial charge in [0.1, 0.15) is 5.82 Å². The van der Waals surface area contributed by atoms with Gasteiger partial charge in [-0.1, -0.05) is 13.3 Å². The third kappa shape index (κ3) is 2.75. The van der Waals surface area contributed by atoms with E-state index in [1.165, 1.54) is 6.42 Å². The molecule has 0 saturated carbocycles. The zero-order valence-electron chi connectivity index (χ0n) is 10.2. The highest BCUT2D eigenvalue weighted by Gasteiger charge is 2.23. The highest BCUT2D eigenvalue weighted by Crippen LogP contribution is 2.20. The van der Waals surface area contributed by atoms with Crippen LogP contribution in [0, 0.1) is 5.92 Å². The van der Waals surface area contributed by atoms with E-state index >= 15 is 0 Å². The van der Waals surface area contributed by atoms with Crippen molar-refractivity contribution < 1.29 is 4.79 Å². The molecule has 0 aliphatic carbocycles. The van der Waals surface area contributed by atoms with Gasteiger partial charge in [-0.3, -0.25) is 4.79 Å². The van der Waals surface area contributed by atoms with Crippen molar-refractivity contribution in [2.75, 3.05) is 18.8 Å². The third-order valence-corrected chi connectivity index (χ3v) is 3.42. The number of nitrogen functional groups attached to an aromatic ring is 1. The first kappa shape index (κ1) is 11.9. The Kier molecular flexibility index (Phi) is 3.61. The van der Waals surface area contributed by atoms with Crippen LogP contribution in [0.4, 0.5) is 5.82 Å². The Hall–Kier alpha value is -1.58. The van der Waals surface area contributed by atoms with Crippen LogP contribution in [0.25, 0.3) is 0 Å². The van der Waals surface area contributed by atoms with E-state index in [1.807, 2.05) is 4.90 Å². The number of pyridine rings is 1. The number of hydrogen-bond acceptors (Lipinski definition) is 3. The van der Waals surface area contributed by atoms with Crippen molar-refractivity contribution in [1.29, 1.82) is 0 Å². The molecule has 1 atom stereocenters. The van der Waals surface area contributed by atoms with Gasteiger partial charge < -0.3 is 10.6 Å². The Morgan fingerprint density at radius 3 is 3.06 bits per heavy atom. The molecule has 2 heterocycles. The third-order valence-electron chi connectivity index (χ3n) is 3.42. The van der Waals surface area contributed by atoms with Gasteiger partial charge >= 0.3 is 0 Å². The molecule has 0 radical (unpaired) electrons. The second-order valence-electron chi connectivity index (χ2n) is 4.64. The molecule has 1 fully saturated rings. The Balaban J connectivity index is 2.06. The minimum atomic E-state index is 0.0793. The van der Waals surface area contributed by atoms with Gasteiger partial charge in [0.05, 0.1) is 5.56 Å². The van der Waals surface area contributed by atoms with Crippen LogP contribution in [0.5, 0.6) is 0 Å². The number of piperidine rings is 1. The summed E-state index contributed by atoms with van der Waals surface area (Å²) in [5.41, 5.74) is 6.15. The van der Waals surface area contributed by atoms with Crippen molar-refractivity contribution in [1.82, 2.24) is 9.88 Å². The van der Waals surface area contributed by atoms with Crippen LogP contribution < -0.4 is 5.73 Å². The number of nitrogens with zero attached hydrogens (tertiary/aromatic N) is 2. The van der Waals surface area contributed by atoms with Gasteiger partial charge in [-0.05, 0) is 30.9 Å². The monoisotopic (exact) mass is 233 g/mol. The second kappa shape index (κ2) is 5.17. The lowest BCUT2D eigenvalue weighted by Crippen LogP contribution is -2.39. The number of carbonyl (C=O) groups excluding carboxylic acids is 1. The maximum Gasteiger partial charge on any atom is 0.255 e. The molecule has 1 aromatic heterocycles. The van der Waals surface area contributed by atoms with Crippen LogP contribution in [0.15, 0.2) is 18.3 Å². The van der Waals surface area contributed by atoms with E-state index in [1.54, 1.807) is 18.3 Å². The number of nitrogens with two attached hydrogens (primary N) is 1. The maximum absolute atomic E-state index is 12.2. The summed E-state index contributed by atoms with van der Waals surface area (Å²) < 4.78 is 0. The zero-order valence-corrected chi connectivity index (χ0v) is 10.2. The average Bonchev–Trinajstić information content (AvgIpc) is 2.39. The van der Waals surface area contributed by atoms with Gasteiger partial charge in [0.25, 0.3) is 5.91 Å². The van der Waals surface area contributed by atoms with Crippen molar-refractivity contribution in [2.45, 2.75) is 26.2 Å². The van der Waals surface area contributed by atoms with Crippen molar-refractivity contribution in [3.05, 3.63) is 23.9 Å². The summed E-state index contributed by atoms with van der Waals surface area (Å²) in [6.45, 7) is 3.92. The fraction of sp³-hybridized carbons (Fsp3) is 0.538. The summed E-state index contributed by atoms with van der Waals surface area (Å²) >= 11 is 0. The van der Waals surface area contributed by atoms with E-state index in [-0.39, 0.29) is 5.91 Å². The molecule has 1 aromatic rings. The minimum Gasteiger partial charge on any atom is -0.384 e. The van der Waals surface area contributed by atoms with Crippen LogP contribution in [0.3, 0.4) is 0 Å². The molecule has 4 nitrogen and oxygen atoms in total. The number of aromatic nitrogens is 1. The van der Waals surface area contributed by atoms with E-state index in [0.717, 1.165) is 25.9 Å². The number of likely N-dealkylation sites (tertiary alicyclic amines) is 1. The van der Waals surface area contributed by atoms with Crippen LogP contribution >= 0.6 is 0 Å². The summed E-state index contributed by atoms with van der Waals surface area (Å²) in [6.07, 6.45) is 5.05. The molecule has 0 aromatic carbocycles. The maximum atomic E-state index is 12.2. The van der Waals surface area contributed by atoms with Gasteiger partial charge in [-0.25, -0.2) is 4.98 Å². The summed E-state index contributed by atoms with van der Waals surface area (Å²) in [6, 6.07) is 3.43. The lowest BCUT2D eigenvalue weighted by molar-refractivity contribution is 0.0671. The summed E-state index contributed by atoms with van der Waals surface area (Å²) in [5, 5.41) is 0. The second-order valence-corrected chi connectivity index (χ2v) is 4.64. The predicted molar refractivity (Wildman–Crippen MR) is 67.6 cm³/mol. The van der Waals surface area contributed by atoms with Crippen LogP contribution in [-0.2, 0) is 0 Å². The number of rotatable bonds is 2. The molecular formula is C13H19N3O. The molecule has 1 unspecified atom stereocenters. The van der Waals surface area contributed by atoms with Gasteiger partial charge in [0.15, 0.2) is 0 Å². The molecule has 1 aliphatic rings. The largest absolute Gasteiger partial charge is 0.384 e. The standard InChI is InChI=1S/C13H19N3O/c1-2-10-4-3-7-16(9-10)13(17)11-5-6-12(14)15-8-11/h5-6,8,10H,2-4,7,9H2,1H3,(H2,14,15). The molecule has 1 saturated heterocycles. The van der Waals surface area contributed by atoms with Crippen molar-refractivity contribution in [2.24, 2.45) is 5.92 Å². The molecule has 1 aliphatic heterocycles. The molecule has 0 spiro atoms. The van der Waals surface area contributed by atoms with E-state index < -0.39 is 0 Å². The number of carbonyl (C=O) groups is 1. The minimum absolute atomic E-state index is 0.0793. The number of amides is 1. The van der Waals surface area contributed by atoms with Crippen LogP contribution in [-0.4, -0.2) is 28.9 Å². The SMILES string of the molecule is CCC1CCCN(C(=O)c2ccc(N)nc2)C1. The smallest absolute Gasteiger partial charge is 0.255 e. The van der Waals surface area contributed by atoms with E-state index in [4.69, 9.17) is 5.73 Å². The normalized spacial score (nSPS) is 20.3. The van der Waals surface area contributed by atoms with E-state index in [0.29, 0.717) is 17.3 Å². The van der Waals surface area contributed by atoms with E-state index in [9.17, 15) is 4.79 Å². The van der Waals surface area contributed by atoms with Gasteiger partial charge in [-0.15, -0.1) is 0 Å². The Labute approximate surface area is 102 Å². The number of hydrogen-bond donors (Lipinski definition) is 1. The molecule has 4 heteroatoms. The summed E-state index contributed by atoms with van der Waals surface area (Å²) in [7, 11) is 0. The van der Waals surface area contributed by atoms with E-state index in [2.05, 4.69) is 11.9 Å². The topological polar surface area (TPSA) is 59.2 Å². The first-order valence-electron chi connectivity index (χ1n) is 6.21. The summed E-state index contributed by atoms with van der Waals surface area (Å²) in [5.74, 6) is 1.18. The lowest BCUT2D eigenvalue weighted by Gasteiger charge is -2.32. The molecule has 92 valence electrons. The Morgan fingerprint density at radius 1 is 1.59 bits per heavy atom. The lowest BCUT2D eigenvalue weighted by atomic mass is 9.95. The highest BCUT2D eigenvalue weighted by molar-refractivity contribution is 5.94. The molecule has 17 heavy (non-hydrogen) atoms. The summed E-state index contributed by atoms with van der Waals surface area (Å²) in [4.78, 5) is 18.1. The molecule has 2 rings (SSSR count). The van der Waals surface area contributed by atoms with Crippen molar-refractivity contribution in [3.63, 3.8) is 0 Å². The first-order chi connectivity index (χ1) is 8.20. The Bertz CT molecular complexity index is 388. The number of anilines is 1.